The summed E-state index contributed by atoms with van der Waals surface area (Å²) < 4.78 is 20.4. The van der Waals surface area contributed by atoms with Crippen LogP contribution < -0.4 is 10.2 Å². The van der Waals surface area contributed by atoms with E-state index in [0.29, 0.717) is 43.3 Å². The summed E-state index contributed by atoms with van der Waals surface area (Å²) in [4.78, 5) is 15.7. The van der Waals surface area contributed by atoms with Crippen LogP contribution in [0.3, 0.4) is 0 Å². The molecule has 1 aliphatic rings. The number of nitrogens with zero attached hydrogens (tertiary/aromatic N) is 5. The maximum absolute atomic E-state index is 14.7. The molecule has 1 fully saturated rings. The van der Waals surface area contributed by atoms with Crippen molar-refractivity contribution in [1.82, 2.24) is 20.2 Å². The largest absolute Gasteiger partial charge is 0.372 e. The summed E-state index contributed by atoms with van der Waals surface area (Å²) >= 11 is 0. The number of aryl methyl sites for hydroxylation is 1. The second kappa shape index (κ2) is 9.86. The van der Waals surface area contributed by atoms with E-state index < -0.39 is 0 Å². The van der Waals surface area contributed by atoms with Crippen LogP contribution in [0.2, 0.25) is 0 Å². The Labute approximate surface area is 186 Å². The molecule has 9 heteroatoms. The Bertz CT molecular complexity index is 1050. The Morgan fingerprint density at radius 1 is 1.16 bits per heavy atom. The SMILES string of the molecule is CC1CN(c2ccc(NC(=O)CCCn3nnc(-c4ccccc4)n3)cc2F)CC(C)O1. The molecule has 1 amide bonds. The molecule has 0 saturated carbocycles. The molecule has 1 saturated heterocycles. The van der Waals surface area contributed by atoms with Crippen LogP contribution >= 0.6 is 0 Å². The van der Waals surface area contributed by atoms with Crippen molar-refractivity contribution in [2.45, 2.75) is 45.4 Å². The van der Waals surface area contributed by atoms with Crippen LogP contribution in [0.15, 0.2) is 48.5 Å². The Balaban J connectivity index is 1.27. The van der Waals surface area contributed by atoms with Crippen molar-refractivity contribution in [2.24, 2.45) is 0 Å². The topological polar surface area (TPSA) is 85.2 Å². The number of amides is 1. The van der Waals surface area contributed by atoms with E-state index in [-0.39, 0.29) is 30.4 Å². The van der Waals surface area contributed by atoms with Gasteiger partial charge in [0, 0.05) is 30.8 Å². The fourth-order valence-corrected chi connectivity index (χ4v) is 3.86. The molecule has 2 aromatic carbocycles. The summed E-state index contributed by atoms with van der Waals surface area (Å²) in [7, 11) is 0. The highest BCUT2D eigenvalue weighted by atomic mass is 19.1. The first-order valence-electron chi connectivity index (χ1n) is 10.8. The van der Waals surface area contributed by atoms with Crippen LogP contribution in [0.1, 0.15) is 26.7 Å². The van der Waals surface area contributed by atoms with Gasteiger partial charge in [-0.1, -0.05) is 30.3 Å². The standard InChI is InChI=1S/C23H27FN6O2/c1-16-14-29(15-17(2)32-16)21-11-10-19(13-20(21)24)25-22(31)9-6-12-30-27-23(26-28-30)18-7-4-3-5-8-18/h3-5,7-8,10-11,13,16-17H,6,9,12,14-15H2,1-2H3,(H,25,31). The minimum absolute atomic E-state index is 0.0424. The van der Waals surface area contributed by atoms with Gasteiger partial charge in [0.25, 0.3) is 0 Å². The van der Waals surface area contributed by atoms with Gasteiger partial charge in [0.05, 0.1) is 24.4 Å². The van der Waals surface area contributed by atoms with Gasteiger partial charge < -0.3 is 15.0 Å². The lowest BCUT2D eigenvalue weighted by atomic mass is 10.1. The number of morpholine rings is 1. The van der Waals surface area contributed by atoms with Gasteiger partial charge >= 0.3 is 0 Å². The third-order valence-electron chi connectivity index (χ3n) is 5.24. The number of anilines is 2. The van der Waals surface area contributed by atoms with Gasteiger partial charge in [0.2, 0.25) is 11.7 Å². The van der Waals surface area contributed by atoms with Gasteiger partial charge in [-0.2, -0.15) is 4.80 Å². The van der Waals surface area contributed by atoms with Crippen molar-refractivity contribution >= 4 is 17.3 Å². The molecule has 0 spiro atoms. The lowest BCUT2D eigenvalue weighted by Gasteiger charge is -2.37. The zero-order chi connectivity index (χ0) is 22.5. The summed E-state index contributed by atoms with van der Waals surface area (Å²) in [5.41, 5.74) is 1.86. The van der Waals surface area contributed by atoms with Gasteiger partial charge in [-0.3, -0.25) is 4.79 Å². The molecule has 1 aliphatic heterocycles. The normalized spacial score (nSPS) is 18.5. The summed E-state index contributed by atoms with van der Waals surface area (Å²) in [6.45, 7) is 5.69. The number of hydrogen-bond donors (Lipinski definition) is 1. The van der Waals surface area contributed by atoms with Crippen LogP contribution in [0, 0.1) is 5.82 Å². The molecular formula is C23H27FN6O2. The third-order valence-corrected chi connectivity index (χ3v) is 5.24. The van der Waals surface area contributed by atoms with Crippen molar-refractivity contribution in [1.29, 1.82) is 0 Å². The number of aromatic nitrogens is 4. The number of carbonyl (C=O) groups is 1. The van der Waals surface area contributed by atoms with Crippen molar-refractivity contribution in [3.05, 3.63) is 54.3 Å². The Morgan fingerprint density at radius 3 is 2.62 bits per heavy atom. The molecule has 2 atom stereocenters. The first kappa shape index (κ1) is 21.9. The molecule has 2 heterocycles. The highest BCUT2D eigenvalue weighted by molar-refractivity contribution is 5.90. The van der Waals surface area contributed by atoms with Crippen molar-refractivity contribution < 1.29 is 13.9 Å². The lowest BCUT2D eigenvalue weighted by Crippen LogP contribution is -2.45. The fraction of sp³-hybridized carbons (Fsp3) is 0.391. The minimum atomic E-state index is -0.357. The van der Waals surface area contributed by atoms with Crippen molar-refractivity contribution in [2.75, 3.05) is 23.3 Å². The van der Waals surface area contributed by atoms with Crippen LogP contribution in [0.25, 0.3) is 11.4 Å². The highest BCUT2D eigenvalue weighted by Crippen LogP contribution is 2.26. The smallest absolute Gasteiger partial charge is 0.224 e. The van der Waals surface area contributed by atoms with E-state index >= 15 is 0 Å². The van der Waals surface area contributed by atoms with Gasteiger partial charge in [-0.25, -0.2) is 4.39 Å². The van der Waals surface area contributed by atoms with Crippen molar-refractivity contribution in [3.8, 4) is 11.4 Å². The van der Waals surface area contributed by atoms with Gasteiger partial charge in [0.1, 0.15) is 5.82 Å². The summed E-state index contributed by atoms with van der Waals surface area (Å²) in [5, 5.41) is 15.2. The summed E-state index contributed by atoms with van der Waals surface area (Å²) in [5.74, 6) is 0.00759. The number of hydrogen-bond acceptors (Lipinski definition) is 6. The number of ether oxygens (including phenoxy) is 1. The molecule has 2 unspecified atom stereocenters. The highest BCUT2D eigenvalue weighted by Gasteiger charge is 2.24. The quantitative estimate of drug-likeness (QED) is 0.608. The Kier molecular flexibility index (Phi) is 6.75. The number of benzene rings is 2. The Hall–Kier alpha value is -3.33. The van der Waals surface area contributed by atoms with Crippen LogP contribution in [0.5, 0.6) is 0 Å². The molecule has 1 N–H and O–H groups in total. The molecule has 168 valence electrons. The number of rotatable bonds is 7. The van der Waals surface area contributed by atoms with E-state index in [2.05, 4.69) is 20.7 Å². The number of halogens is 1. The molecule has 32 heavy (non-hydrogen) atoms. The average Bonchev–Trinajstić information content (AvgIpc) is 3.23. The van der Waals surface area contributed by atoms with E-state index in [1.165, 1.54) is 10.9 Å². The van der Waals surface area contributed by atoms with Crippen LogP contribution in [0.4, 0.5) is 15.8 Å². The second-order valence-corrected chi connectivity index (χ2v) is 8.06. The predicted molar refractivity (Wildman–Crippen MR) is 120 cm³/mol. The molecule has 0 bridgehead atoms. The van der Waals surface area contributed by atoms with E-state index in [0.717, 1.165) is 5.56 Å². The van der Waals surface area contributed by atoms with E-state index in [4.69, 9.17) is 4.74 Å². The van der Waals surface area contributed by atoms with Gasteiger partial charge in [-0.05, 0) is 43.7 Å². The molecule has 8 nitrogen and oxygen atoms in total. The number of carbonyl (C=O) groups excluding carboxylic acids is 1. The molecule has 1 aromatic heterocycles. The third kappa shape index (κ3) is 5.47. The molecule has 0 radical (unpaired) electrons. The average molecular weight is 439 g/mol. The zero-order valence-electron chi connectivity index (χ0n) is 18.2. The van der Waals surface area contributed by atoms with Gasteiger partial charge in [-0.15, -0.1) is 10.2 Å². The molecule has 4 rings (SSSR count). The first-order valence-corrected chi connectivity index (χ1v) is 10.8. The molecule has 0 aliphatic carbocycles. The minimum Gasteiger partial charge on any atom is -0.372 e. The van der Waals surface area contributed by atoms with E-state index in [1.807, 2.05) is 49.1 Å². The summed E-state index contributed by atoms with van der Waals surface area (Å²) in [6.07, 6.45) is 0.895. The first-order chi connectivity index (χ1) is 15.5. The fourth-order valence-electron chi connectivity index (χ4n) is 3.86. The second-order valence-electron chi connectivity index (χ2n) is 8.06. The number of tetrazole rings is 1. The zero-order valence-corrected chi connectivity index (χ0v) is 18.2. The maximum Gasteiger partial charge on any atom is 0.224 e. The predicted octanol–water partition coefficient (Wildman–Crippen LogP) is 3.51. The van der Waals surface area contributed by atoms with E-state index in [1.54, 1.807) is 12.1 Å². The van der Waals surface area contributed by atoms with E-state index in [9.17, 15) is 9.18 Å². The van der Waals surface area contributed by atoms with Crippen molar-refractivity contribution in [3.63, 3.8) is 0 Å². The van der Waals surface area contributed by atoms with Gasteiger partial charge in [0.15, 0.2) is 0 Å². The lowest BCUT2D eigenvalue weighted by molar-refractivity contribution is -0.116. The maximum atomic E-state index is 14.7. The Morgan fingerprint density at radius 2 is 1.91 bits per heavy atom. The summed E-state index contributed by atoms with van der Waals surface area (Å²) in [6, 6.07) is 14.4. The molecule has 3 aromatic rings. The van der Waals surface area contributed by atoms with Crippen LogP contribution in [-0.2, 0) is 16.1 Å². The monoisotopic (exact) mass is 438 g/mol. The number of nitrogens with one attached hydrogen (secondary N) is 1. The molecular weight excluding hydrogens is 411 g/mol. The van der Waals surface area contributed by atoms with Crippen LogP contribution in [-0.4, -0.2) is 51.4 Å².